The van der Waals surface area contributed by atoms with Crippen molar-refractivity contribution in [3.8, 4) is 22.5 Å². The van der Waals surface area contributed by atoms with Crippen molar-refractivity contribution in [2.24, 2.45) is 0 Å². The van der Waals surface area contributed by atoms with Crippen LogP contribution in [0.5, 0.6) is 0 Å². The van der Waals surface area contributed by atoms with Crippen molar-refractivity contribution in [3.63, 3.8) is 0 Å². The van der Waals surface area contributed by atoms with Gasteiger partial charge in [0.15, 0.2) is 5.76 Å². The van der Waals surface area contributed by atoms with Crippen LogP contribution in [0.3, 0.4) is 0 Å². The maximum atomic E-state index is 11.6. The van der Waals surface area contributed by atoms with Crippen molar-refractivity contribution in [2.45, 2.75) is 38.0 Å². The zero-order chi connectivity index (χ0) is 23.5. The summed E-state index contributed by atoms with van der Waals surface area (Å²) >= 11 is 0. The molecule has 0 unspecified atom stereocenters. The summed E-state index contributed by atoms with van der Waals surface area (Å²) < 4.78 is 5.70. The molecule has 1 fully saturated rings. The van der Waals surface area contributed by atoms with Gasteiger partial charge in [-0.15, -0.1) is 0 Å². The predicted octanol–water partition coefficient (Wildman–Crippen LogP) is 6.48. The van der Waals surface area contributed by atoms with Crippen LogP contribution in [0.1, 0.15) is 36.1 Å². The molecule has 5 heteroatoms. The lowest BCUT2D eigenvalue weighted by Gasteiger charge is -2.11. The van der Waals surface area contributed by atoms with Gasteiger partial charge in [-0.25, -0.2) is 0 Å². The van der Waals surface area contributed by atoms with Gasteiger partial charge in [-0.1, -0.05) is 71.9 Å². The predicted molar refractivity (Wildman–Crippen MR) is 134 cm³/mol. The fraction of sp³-hybridized carbons (Fsp3) is 0.241. The van der Waals surface area contributed by atoms with Gasteiger partial charge < -0.3 is 14.9 Å². The third-order valence-corrected chi connectivity index (χ3v) is 6.77. The second kappa shape index (κ2) is 9.18. The normalized spacial score (nSPS) is 14.0. The van der Waals surface area contributed by atoms with E-state index in [-0.39, 0.29) is 0 Å². The van der Waals surface area contributed by atoms with E-state index >= 15 is 0 Å². The van der Waals surface area contributed by atoms with Crippen molar-refractivity contribution in [2.75, 3.05) is 11.9 Å². The summed E-state index contributed by atoms with van der Waals surface area (Å²) in [6.45, 7) is 2.87. The highest BCUT2D eigenvalue weighted by Crippen LogP contribution is 2.48. The molecule has 0 atom stereocenters. The number of benzene rings is 3. The van der Waals surface area contributed by atoms with E-state index in [1.54, 1.807) is 0 Å². The molecule has 1 aromatic heterocycles. The maximum absolute atomic E-state index is 11.6. The summed E-state index contributed by atoms with van der Waals surface area (Å²) in [7, 11) is 0. The topological polar surface area (TPSA) is 75.4 Å². The number of aryl methyl sites for hydroxylation is 1. The van der Waals surface area contributed by atoms with Gasteiger partial charge in [0.1, 0.15) is 0 Å². The summed E-state index contributed by atoms with van der Waals surface area (Å²) in [6, 6.07) is 26.4. The van der Waals surface area contributed by atoms with Crippen molar-refractivity contribution >= 4 is 11.7 Å². The van der Waals surface area contributed by atoms with Gasteiger partial charge in [0.25, 0.3) is 0 Å². The fourth-order valence-corrected chi connectivity index (χ4v) is 4.51. The van der Waals surface area contributed by atoms with Gasteiger partial charge in [0.2, 0.25) is 0 Å². The Morgan fingerprint density at radius 2 is 1.56 bits per heavy atom. The molecule has 2 N–H and O–H groups in total. The molecule has 172 valence electrons. The number of carbonyl (C=O) groups is 1. The SMILES string of the molecule is Cc1noc(-c2ccc(-c3ccc(C4(C(=O)O)CC4)cc3)cc2)c1CCCNc1ccccc1. The van der Waals surface area contributed by atoms with E-state index in [0.29, 0.717) is 0 Å². The molecule has 1 aliphatic rings. The Bertz CT molecular complexity index is 1270. The summed E-state index contributed by atoms with van der Waals surface area (Å²) in [5.74, 6) is 0.106. The van der Waals surface area contributed by atoms with Crippen molar-refractivity contribution in [1.82, 2.24) is 5.16 Å². The zero-order valence-electron chi connectivity index (χ0n) is 19.3. The van der Waals surface area contributed by atoms with Gasteiger partial charge in [-0.2, -0.15) is 0 Å². The minimum absolute atomic E-state index is 0.667. The van der Waals surface area contributed by atoms with Crippen LogP contribution >= 0.6 is 0 Å². The number of nitrogens with one attached hydrogen (secondary N) is 1. The smallest absolute Gasteiger partial charge is 0.314 e. The summed E-state index contributed by atoms with van der Waals surface area (Å²) in [5, 5.41) is 17.2. The third kappa shape index (κ3) is 4.34. The van der Waals surface area contributed by atoms with Gasteiger partial charge in [0, 0.05) is 23.4 Å². The fourth-order valence-electron chi connectivity index (χ4n) is 4.51. The van der Waals surface area contributed by atoms with Crippen LogP contribution in [0.4, 0.5) is 5.69 Å². The average molecular weight is 453 g/mol. The number of hydrogen-bond donors (Lipinski definition) is 2. The summed E-state index contributed by atoms with van der Waals surface area (Å²) in [4.78, 5) is 11.6. The number of para-hydroxylation sites is 1. The molecule has 0 aliphatic heterocycles. The van der Waals surface area contributed by atoms with Crippen molar-refractivity contribution in [3.05, 3.63) is 95.7 Å². The van der Waals surface area contributed by atoms with E-state index < -0.39 is 11.4 Å². The van der Waals surface area contributed by atoms with Gasteiger partial charge in [0.05, 0.1) is 11.1 Å². The molecule has 4 aromatic rings. The first-order valence-corrected chi connectivity index (χ1v) is 11.8. The minimum atomic E-state index is -0.724. The van der Waals surface area contributed by atoms with Crippen LogP contribution < -0.4 is 5.32 Å². The van der Waals surface area contributed by atoms with Crippen LogP contribution in [0.25, 0.3) is 22.5 Å². The number of rotatable bonds is 9. The molecule has 1 aliphatic carbocycles. The molecule has 5 rings (SSSR count). The van der Waals surface area contributed by atoms with Crippen LogP contribution in [0.15, 0.2) is 83.4 Å². The van der Waals surface area contributed by atoms with E-state index in [1.165, 1.54) is 0 Å². The van der Waals surface area contributed by atoms with Crippen LogP contribution in [0.2, 0.25) is 0 Å². The number of aliphatic carboxylic acids is 1. The molecule has 0 radical (unpaired) electrons. The second-order valence-electron chi connectivity index (χ2n) is 9.01. The monoisotopic (exact) mass is 452 g/mol. The van der Waals surface area contributed by atoms with E-state index in [9.17, 15) is 9.90 Å². The highest BCUT2D eigenvalue weighted by atomic mass is 16.5. The van der Waals surface area contributed by atoms with Crippen LogP contribution in [-0.2, 0) is 16.6 Å². The van der Waals surface area contributed by atoms with Gasteiger partial charge in [-0.05, 0) is 61.4 Å². The van der Waals surface area contributed by atoms with Crippen molar-refractivity contribution < 1.29 is 14.4 Å². The number of carboxylic acids is 1. The number of nitrogens with zero attached hydrogens (tertiary/aromatic N) is 1. The van der Waals surface area contributed by atoms with E-state index in [4.69, 9.17) is 4.52 Å². The first-order chi connectivity index (χ1) is 16.6. The molecular weight excluding hydrogens is 424 g/mol. The molecule has 34 heavy (non-hydrogen) atoms. The largest absolute Gasteiger partial charge is 0.481 e. The first kappa shape index (κ1) is 22.0. The Kier molecular flexibility index (Phi) is 5.93. The second-order valence-corrected chi connectivity index (χ2v) is 9.01. The van der Waals surface area contributed by atoms with Crippen LogP contribution in [0, 0.1) is 6.92 Å². The molecule has 1 heterocycles. The van der Waals surface area contributed by atoms with E-state index in [1.807, 2.05) is 49.4 Å². The molecule has 0 saturated heterocycles. The Balaban J connectivity index is 1.26. The molecule has 1 saturated carbocycles. The van der Waals surface area contributed by atoms with Crippen molar-refractivity contribution in [1.29, 1.82) is 0 Å². The first-order valence-electron chi connectivity index (χ1n) is 11.8. The van der Waals surface area contributed by atoms with Gasteiger partial charge >= 0.3 is 5.97 Å². The van der Waals surface area contributed by atoms with E-state index in [0.717, 1.165) is 77.2 Å². The number of aromatic nitrogens is 1. The molecule has 3 aromatic carbocycles. The molecule has 0 amide bonds. The number of anilines is 1. The molecule has 0 spiro atoms. The minimum Gasteiger partial charge on any atom is -0.481 e. The summed E-state index contributed by atoms with van der Waals surface area (Å²) in [5.41, 5.74) is 6.59. The van der Waals surface area contributed by atoms with Crippen LogP contribution in [-0.4, -0.2) is 22.8 Å². The average Bonchev–Trinajstić information content (AvgIpc) is 3.61. The Morgan fingerprint density at radius 1 is 0.941 bits per heavy atom. The lowest BCUT2D eigenvalue weighted by molar-refractivity contribution is -0.140. The maximum Gasteiger partial charge on any atom is 0.314 e. The highest BCUT2D eigenvalue weighted by molar-refractivity contribution is 5.85. The Morgan fingerprint density at radius 3 is 2.18 bits per heavy atom. The number of hydrogen-bond acceptors (Lipinski definition) is 4. The molecule has 5 nitrogen and oxygen atoms in total. The number of carboxylic acid groups (broad SMARTS) is 1. The third-order valence-electron chi connectivity index (χ3n) is 6.77. The lowest BCUT2D eigenvalue weighted by atomic mass is 9.93. The quantitative estimate of drug-likeness (QED) is 0.284. The molecular formula is C29H28N2O3. The zero-order valence-corrected chi connectivity index (χ0v) is 19.3. The highest BCUT2D eigenvalue weighted by Gasteiger charge is 2.51. The lowest BCUT2D eigenvalue weighted by Crippen LogP contribution is -2.19. The van der Waals surface area contributed by atoms with Gasteiger partial charge in [-0.3, -0.25) is 4.79 Å². The Labute approximate surface area is 199 Å². The summed E-state index contributed by atoms with van der Waals surface area (Å²) in [6.07, 6.45) is 3.31. The standard InChI is InChI=1S/C29H28N2O3/c1-20-26(8-5-19-30-25-6-3-2-4-7-25)27(34-31-20)23-11-9-21(10-12-23)22-13-15-24(16-14-22)29(17-18-29)28(32)33/h2-4,6-7,9-16,30H,5,8,17-19H2,1H3,(H,32,33). The Hall–Kier alpha value is -3.86. The molecule has 0 bridgehead atoms. The van der Waals surface area contributed by atoms with E-state index in [2.05, 4.69) is 46.9 Å².